The highest BCUT2D eigenvalue weighted by atomic mass is 32.2. The number of thioether (sulfide) groups is 2. The fourth-order valence-electron chi connectivity index (χ4n) is 3.91. The molecule has 0 aliphatic carbocycles. The number of carboxylic acids is 1. The summed E-state index contributed by atoms with van der Waals surface area (Å²) in [5.74, 6) is -1.46. The van der Waals surface area contributed by atoms with Crippen molar-refractivity contribution < 1.29 is 24.2 Å². The number of hydrogen-bond acceptors (Lipinski definition) is 10. The second-order valence-electron chi connectivity index (χ2n) is 7.75. The van der Waals surface area contributed by atoms with Crippen molar-refractivity contribution in [2.75, 3.05) is 37.0 Å². The van der Waals surface area contributed by atoms with Crippen molar-refractivity contribution in [2.24, 2.45) is 0 Å². The van der Waals surface area contributed by atoms with Crippen LogP contribution in [0.3, 0.4) is 0 Å². The molecule has 1 aromatic heterocycles. The summed E-state index contributed by atoms with van der Waals surface area (Å²) in [6.45, 7) is 2.74. The molecule has 3 aliphatic rings. The van der Waals surface area contributed by atoms with Crippen LogP contribution < -0.4 is 10.2 Å². The van der Waals surface area contributed by atoms with E-state index < -0.39 is 23.3 Å². The molecule has 2 amide bonds. The van der Waals surface area contributed by atoms with E-state index in [9.17, 15) is 19.5 Å². The van der Waals surface area contributed by atoms with Crippen LogP contribution in [0.1, 0.15) is 5.56 Å². The topological polar surface area (TPSA) is 125 Å². The maximum atomic E-state index is 12.9. The Morgan fingerprint density at radius 1 is 1.21 bits per heavy atom. The van der Waals surface area contributed by atoms with Crippen molar-refractivity contribution in [3.05, 3.63) is 46.5 Å². The minimum Gasteiger partial charge on any atom is -0.477 e. The van der Waals surface area contributed by atoms with Gasteiger partial charge in [0, 0.05) is 23.7 Å². The Kier molecular flexibility index (Phi) is 6.77. The van der Waals surface area contributed by atoms with Gasteiger partial charge >= 0.3 is 5.97 Å². The molecular weight excluding hydrogens is 498 g/mol. The Hall–Kier alpha value is -2.61. The Balaban J connectivity index is 1.27. The van der Waals surface area contributed by atoms with Gasteiger partial charge in [-0.05, 0) is 5.56 Å². The molecule has 1 aromatic carbocycles. The second kappa shape index (κ2) is 9.94. The van der Waals surface area contributed by atoms with E-state index in [1.807, 2.05) is 30.3 Å². The molecule has 10 nitrogen and oxygen atoms in total. The van der Waals surface area contributed by atoms with Crippen molar-refractivity contribution >= 4 is 57.8 Å². The van der Waals surface area contributed by atoms with Gasteiger partial charge in [-0.1, -0.05) is 53.4 Å². The monoisotopic (exact) mass is 519 g/mol. The van der Waals surface area contributed by atoms with Crippen LogP contribution in [-0.4, -0.2) is 81.5 Å². The predicted octanol–water partition coefficient (Wildman–Crippen LogP) is 1.41. The Labute approximate surface area is 207 Å². The first-order chi connectivity index (χ1) is 16.5. The van der Waals surface area contributed by atoms with Gasteiger partial charge in [-0.2, -0.15) is 0 Å². The molecule has 2 atom stereocenters. The molecule has 4 heterocycles. The number of ether oxygens (including phenoxy) is 1. The van der Waals surface area contributed by atoms with Gasteiger partial charge < -0.3 is 20.1 Å². The quantitative estimate of drug-likeness (QED) is 0.519. The maximum absolute atomic E-state index is 12.9. The predicted molar refractivity (Wildman–Crippen MR) is 129 cm³/mol. The number of nitrogens with one attached hydrogen (secondary N) is 1. The molecule has 3 aliphatic heterocycles. The Bertz CT molecular complexity index is 1130. The van der Waals surface area contributed by atoms with E-state index in [1.165, 1.54) is 39.8 Å². The number of amides is 2. The lowest BCUT2D eigenvalue weighted by Crippen LogP contribution is -2.70. The molecule has 2 aromatic rings. The second-order valence-corrected chi connectivity index (χ2v) is 11.1. The summed E-state index contributed by atoms with van der Waals surface area (Å²) in [5.41, 5.74) is 0.800. The largest absolute Gasteiger partial charge is 0.477 e. The summed E-state index contributed by atoms with van der Waals surface area (Å²) < 4.78 is 5.98. The highest BCUT2D eigenvalue weighted by molar-refractivity contribution is 8.07. The van der Waals surface area contributed by atoms with Crippen LogP contribution in [0.15, 0.2) is 45.3 Å². The zero-order chi connectivity index (χ0) is 23.7. The minimum absolute atomic E-state index is 0.0459. The van der Waals surface area contributed by atoms with Gasteiger partial charge in [0.05, 0.1) is 19.6 Å². The van der Waals surface area contributed by atoms with Crippen molar-refractivity contribution in [3.8, 4) is 0 Å². The smallest absolute Gasteiger partial charge is 0.353 e. The summed E-state index contributed by atoms with van der Waals surface area (Å²) in [7, 11) is 0. The van der Waals surface area contributed by atoms with Gasteiger partial charge in [0.2, 0.25) is 11.0 Å². The van der Waals surface area contributed by atoms with Gasteiger partial charge in [0.25, 0.3) is 5.91 Å². The van der Waals surface area contributed by atoms with Crippen LogP contribution in [0.2, 0.25) is 0 Å². The number of β-lactam (4-membered cyclic amide) rings is 1. The van der Waals surface area contributed by atoms with Crippen molar-refractivity contribution in [2.45, 2.75) is 22.2 Å². The van der Waals surface area contributed by atoms with E-state index in [0.29, 0.717) is 28.2 Å². The average Bonchev–Trinajstić information content (AvgIpc) is 3.32. The van der Waals surface area contributed by atoms with Crippen LogP contribution in [0.4, 0.5) is 5.13 Å². The van der Waals surface area contributed by atoms with E-state index in [2.05, 4.69) is 20.4 Å². The number of fused-ring (bicyclic) bond motifs is 1. The Morgan fingerprint density at radius 2 is 1.97 bits per heavy atom. The number of benzene rings is 1. The summed E-state index contributed by atoms with van der Waals surface area (Å²) in [6, 6.07) is 8.51. The number of aliphatic carboxylic acids is 1. The lowest BCUT2D eigenvalue weighted by atomic mass is 10.0. The number of nitrogens with zero attached hydrogens (tertiary/aromatic N) is 4. The third kappa shape index (κ3) is 4.65. The highest BCUT2D eigenvalue weighted by Gasteiger charge is 2.54. The van der Waals surface area contributed by atoms with Crippen LogP contribution in [-0.2, 0) is 25.5 Å². The van der Waals surface area contributed by atoms with Gasteiger partial charge in [0.15, 0.2) is 4.34 Å². The molecule has 13 heteroatoms. The molecule has 0 saturated carbocycles. The first kappa shape index (κ1) is 23.1. The number of hydrogen-bond donors (Lipinski definition) is 2. The van der Waals surface area contributed by atoms with Crippen LogP contribution in [0.5, 0.6) is 0 Å². The van der Waals surface area contributed by atoms with E-state index in [4.69, 9.17) is 4.74 Å². The van der Waals surface area contributed by atoms with Crippen molar-refractivity contribution in [1.82, 2.24) is 20.4 Å². The SMILES string of the molecule is O=C(Cc1ccccc1)N[C@@H]1C(=O)N2C(C(=O)O)=C(Sc3nnc(N4CCOCC4)s3)CS[C@H]12. The normalized spacial score (nSPS) is 22.3. The average molecular weight is 520 g/mol. The van der Waals surface area contributed by atoms with Gasteiger partial charge in [-0.25, -0.2) is 4.79 Å². The van der Waals surface area contributed by atoms with Crippen molar-refractivity contribution in [3.63, 3.8) is 0 Å². The van der Waals surface area contributed by atoms with Gasteiger partial charge in [0.1, 0.15) is 17.1 Å². The summed E-state index contributed by atoms with van der Waals surface area (Å²) in [5, 5.41) is 21.4. The third-order valence-corrected chi connectivity index (χ3v) is 9.13. The maximum Gasteiger partial charge on any atom is 0.353 e. The van der Waals surface area contributed by atoms with Crippen LogP contribution in [0.25, 0.3) is 0 Å². The van der Waals surface area contributed by atoms with E-state index in [1.54, 1.807) is 0 Å². The Morgan fingerprint density at radius 3 is 2.71 bits per heavy atom. The molecule has 2 saturated heterocycles. The fraction of sp³-hybridized carbons (Fsp3) is 0.381. The minimum atomic E-state index is -1.17. The summed E-state index contributed by atoms with van der Waals surface area (Å²) in [6.07, 6.45) is 0.160. The molecule has 2 fully saturated rings. The van der Waals surface area contributed by atoms with Gasteiger partial charge in [-0.3, -0.25) is 14.5 Å². The van der Waals surface area contributed by atoms with E-state index in [0.717, 1.165) is 23.8 Å². The molecule has 34 heavy (non-hydrogen) atoms. The summed E-state index contributed by atoms with van der Waals surface area (Å²) in [4.78, 5) is 41.3. The zero-order valence-electron chi connectivity index (χ0n) is 17.9. The fourth-order valence-corrected chi connectivity index (χ4v) is 7.44. The van der Waals surface area contributed by atoms with E-state index in [-0.39, 0.29) is 18.0 Å². The summed E-state index contributed by atoms with van der Waals surface area (Å²) >= 11 is 4.05. The zero-order valence-corrected chi connectivity index (χ0v) is 20.3. The number of carboxylic acid groups (broad SMARTS) is 1. The molecule has 178 valence electrons. The first-order valence-corrected chi connectivity index (χ1v) is 13.3. The number of carbonyl (C=O) groups is 3. The lowest BCUT2D eigenvalue weighted by Gasteiger charge is -2.49. The van der Waals surface area contributed by atoms with Crippen molar-refractivity contribution in [1.29, 1.82) is 0 Å². The molecule has 2 N–H and O–H groups in total. The molecule has 0 radical (unpaired) electrons. The number of anilines is 1. The number of morpholine rings is 1. The van der Waals surface area contributed by atoms with Crippen LogP contribution in [0, 0.1) is 0 Å². The molecule has 5 rings (SSSR count). The number of aromatic nitrogens is 2. The molecule has 0 bridgehead atoms. The standard InChI is InChI=1S/C21H21N5O5S3/c27-14(10-12-4-2-1-3-5-12)22-15-17(28)26-16(19(29)30)13(11-32-18(15)26)33-21-24-23-20(34-21)25-6-8-31-9-7-25/h1-5,15,18H,6-11H2,(H,22,27)(H,29,30)/t15-,18-/m1/s1. The molecule has 0 unspecified atom stereocenters. The first-order valence-electron chi connectivity index (χ1n) is 10.6. The molecular formula is C21H21N5O5S3. The van der Waals surface area contributed by atoms with Crippen LogP contribution >= 0.6 is 34.9 Å². The number of carbonyl (C=O) groups excluding carboxylic acids is 2. The lowest BCUT2D eigenvalue weighted by molar-refractivity contribution is -0.150. The van der Waals surface area contributed by atoms with Gasteiger partial charge in [-0.15, -0.1) is 22.0 Å². The third-order valence-electron chi connectivity index (χ3n) is 5.55. The highest BCUT2D eigenvalue weighted by Crippen LogP contribution is 2.46. The number of rotatable bonds is 7. The van der Waals surface area contributed by atoms with E-state index >= 15 is 0 Å². The molecule has 0 spiro atoms.